The van der Waals surface area contributed by atoms with Crippen LogP contribution in [0.2, 0.25) is 0 Å². The molecule has 2 heterocycles. The van der Waals surface area contributed by atoms with Gasteiger partial charge in [0, 0.05) is 37.4 Å². The first-order valence-corrected chi connectivity index (χ1v) is 9.51. The largest absolute Gasteiger partial charge is 0.369 e. The second kappa shape index (κ2) is 7.06. The zero-order valence-electron chi connectivity index (χ0n) is 14.5. The van der Waals surface area contributed by atoms with E-state index in [1.807, 2.05) is 4.90 Å². The van der Waals surface area contributed by atoms with E-state index < -0.39 is 15.9 Å². The van der Waals surface area contributed by atoms with Crippen molar-refractivity contribution in [3.05, 3.63) is 41.3 Å². The number of aryl methyl sites for hydroxylation is 2. The van der Waals surface area contributed by atoms with Gasteiger partial charge in [-0.3, -0.25) is 10.0 Å². The fourth-order valence-electron chi connectivity index (χ4n) is 3.05. The first-order chi connectivity index (χ1) is 12.3. The van der Waals surface area contributed by atoms with Crippen molar-refractivity contribution in [2.75, 3.05) is 31.1 Å². The van der Waals surface area contributed by atoms with Gasteiger partial charge in [-0.1, -0.05) is 5.16 Å². The maximum Gasteiger partial charge on any atom is 0.274 e. The number of carbonyl (C=O) groups is 1. The molecule has 1 aromatic carbocycles. The lowest BCUT2D eigenvalue weighted by atomic mass is 10.2. The third kappa shape index (κ3) is 3.30. The zero-order valence-corrected chi connectivity index (χ0v) is 15.3. The number of rotatable bonds is 4. The standard InChI is InChI=1S/C16H20N4O5S/c1-11-15(12(2)25-18-11)26(23,24)20-9-7-19(8-10-20)14-5-3-13(4-6-14)16(21)17-22/h3-6,22H,7-10H2,1-2H3,(H,17,21). The summed E-state index contributed by atoms with van der Waals surface area (Å²) in [7, 11) is -3.64. The minimum absolute atomic E-state index is 0.144. The predicted molar refractivity (Wildman–Crippen MR) is 92.6 cm³/mol. The number of piperazine rings is 1. The molecule has 2 aromatic rings. The van der Waals surface area contributed by atoms with Crippen molar-refractivity contribution in [1.82, 2.24) is 14.9 Å². The van der Waals surface area contributed by atoms with Gasteiger partial charge in [0.1, 0.15) is 10.6 Å². The molecule has 0 spiro atoms. The Kier molecular flexibility index (Phi) is 4.99. The molecule has 9 nitrogen and oxygen atoms in total. The van der Waals surface area contributed by atoms with Gasteiger partial charge in [0.25, 0.3) is 5.91 Å². The summed E-state index contributed by atoms with van der Waals surface area (Å²) in [6.07, 6.45) is 0. The Morgan fingerprint density at radius 3 is 2.27 bits per heavy atom. The van der Waals surface area contributed by atoms with Crippen molar-refractivity contribution in [3.8, 4) is 0 Å². The second-order valence-electron chi connectivity index (χ2n) is 6.03. The second-order valence-corrected chi connectivity index (χ2v) is 7.91. The molecule has 1 aliphatic rings. The molecule has 1 aromatic heterocycles. The number of hydroxylamine groups is 1. The van der Waals surface area contributed by atoms with Crippen LogP contribution < -0.4 is 10.4 Å². The van der Waals surface area contributed by atoms with Gasteiger partial charge in [-0.15, -0.1) is 0 Å². The molecule has 10 heteroatoms. The Morgan fingerprint density at radius 2 is 1.77 bits per heavy atom. The van der Waals surface area contributed by atoms with E-state index in [0.717, 1.165) is 5.69 Å². The summed E-state index contributed by atoms with van der Waals surface area (Å²) < 4.78 is 32.1. The lowest BCUT2D eigenvalue weighted by molar-refractivity contribution is 0.0706. The van der Waals surface area contributed by atoms with Crippen LogP contribution in [-0.4, -0.2) is 55.2 Å². The monoisotopic (exact) mass is 380 g/mol. The molecule has 1 aliphatic heterocycles. The maximum atomic E-state index is 12.8. The first-order valence-electron chi connectivity index (χ1n) is 8.07. The Balaban J connectivity index is 1.70. The molecule has 0 aliphatic carbocycles. The third-order valence-corrected chi connectivity index (χ3v) is 6.54. The number of benzene rings is 1. The van der Waals surface area contributed by atoms with Crippen molar-refractivity contribution in [2.24, 2.45) is 0 Å². The molecule has 0 saturated carbocycles. The summed E-state index contributed by atoms with van der Waals surface area (Å²) in [5.74, 6) is -0.283. The van der Waals surface area contributed by atoms with Crippen LogP contribution in [0.25, 0.3) is 0 Å². The van der Waals surface area contributed by atoms with E-state index in [2.05, 4.69) is 5.16 Å². The van der Waals surface area contributed by atoms with Gasteiger partial charge in [-0.25, -0.2) is 13.9 Å². The molecule has 0 radical (unpaired) electrons. The third-order valence-electron chi connectivity index (χ3n) is 4.40. The molecular weight excluding hydrogens is 360 g/mol. The smallest absolute Gasteiger partial charge is 0.274 e. The van der Waals surface area contributed by atoms with Gasteiger partial charge in [-0.05, 0) is 38.1 Å². The van der Waals surface area contributed by atoms with Crippen LogP contribution in [0.1, 0.15) is 21.8 Å². The summed E-state index contributed by atoms with van der Waals surface area (Å²) in [4.78, 5) is 13.5. The molecule has 3 rings (SSSR count). The predicted octanol–water partition coefficient (Wildman–Crippen LogP) is 0.921. The Bertz CT molecular complexity index is 880. The molecule has 140 valence electrons. The molecule has 0 unspecified atom stereocenters. The first kappa shape index (κ1) is 18.4. The van der Waals surface area contributed by atoms with Crippen molar-refractivity contribution < 1.29 is 22.9 Å². The highest BCUT2D eigenvalue weighted by molar-refractivity contribution is 7.89. The molecule has 0 atom stereocenters. The van der Waals surface area contributed by atoms with E-state index in [9.17, 15) is 13.2 Å². The van der Waals surface area contributed by atoms with Gasteiger partial charge in [0.05, 0.1) is 0 Å². The fraction of sp³-hybridized carbons (Fsp3) is 0.375. The number of anilines is 1. The number of hydrogen-bond acceptors (Lipinski definition) is 7. The quantitative estimate of drug-likeness (QED) is 0.598. The summed E-state index contributed by atoms with van der Waals surface area (Å²) in [6.45, 7) is 4.93. The van der Waals surface area contributed by atoms with E-state index in [1.54, 1.807) is 43.6 Å². The van der Waals surface area contributed by atoms with Crippen LogP contribution in [0.15, 0.2) is 33.7 Å². The average molecular weight is 380 g/mol. The molecular formula is C16H20N4O5S. The zero-order chi connectivity index (χ0) is 18.9. The van der Waals surface area contributed by atoms with Gasteiger partial charge >= 0.3 is 0 Å². The van der Waals surface area contributed by atoms with Crippen LogP contribution in [0.5, 0.6) is 0 Å². The van der Waals surface area contributed by atoms with Gasteiger partial charge in [0.2, 0.25) is 10.0 Å². The van der Waals surface area contributed by atoms with Crippen LogP contribution in [-0.2, 0) is 10.0 Å². The summed E-state index contributed by atoms with van der Waals surface area (Å²) in [5, 5.41) is 12.4. The van der Waals surface area contributed by atoms with Crippen LogP contribution >= 0.6 is 0 Å². The summed E-state index contributed by atoms with van der Waals surface area (Å²) in [6, 6.07) is 6.74. The SMILES string of the molecule is Cc1noc(C)c1S(=O)(=O)N1CCN(c2ccc(C(=O)NO)cc2)CC1. The number of nitrogens with zero attached hydrogens (tertiary/aromatic N) is 3. The highest BCUT2D eigenvalue weighted by Gasteiger charge is 2.33. The number of aromatic nitrogens is 1. The van der Waals surface area contributed by atoms with Crippen LogP contribution in [0.4, 0.5) is 5.69 Å². The van der Waals surface area contributed by atoms with Crippen molar-refractivity contribution >= 4 is 21.6 Å². The topological polar surface area (TPSA) is 116 Å². The van der Waals surface area contributed by atoms with Crippen molar-refractivity contribution in [2.45, 2.75) is 18.7 Å². The highest BCUT2D eigenvalue weighted by Crippen LogP contribution is 2.25. The fourth-order valence-corrected chi connectivity index (χ4v) is 4.76. The number of carbonyl (C=O) groups excluding carboxylic acids is 1. The minimum Gasteiger partial charge on any atom is -0.369 e. The number of hydrogen-bond donors (Lipinski definition) is 2. The van der Waals surface area contributed by atoms with E-state index >= 15 is 0 Å². The number of sulfonamides is 1. The molecule has 2 N–H and O–H groups in total. The highest BCUT2D eigenvalue weighted by atomic mass is 32.2. The summed E-state index contributed by atoms with van der Waals surface area (Å²) >= 11 is 0. The van der Waals surface area contributed by atoms with E-state index in [4.69, 9.17) is 9.73 Å². The Labute approximate surface area is 151 Å². The van der Waals surface area contributed by atoms with Gasteiger partial charge < -0.3 is 9.42 Å². The Hall–Kier alpha value is -2.43. The molecule has 0 bridgehead atoms. The molecule has 1 fully saturated rings. The van der Waals surface area contributed by atoms with Gasteiger partial charge in [0.15, 0.2) is 5.76 Å². The molecule has 1 saturated heterocycles. The van der Waals surface area contributed by atoms with Crippen molar-refractivity contribution in [3.63, 3.8) is 0 Å². The minimum atomic E-state index is -3.64. The lowest BCUT2D eigenvalue weighted by Gasteiger charge is -2.35. The molecule has 1 amide bonds. The molecule has 26 heavy (non-hydrogen) atoms. The lowest BCUT2D eigenvalue weighted by Crippen LogP contribution is -2.48. The van der Waals surface area contributed by atoms with E-state index in [1.165, 1.54) is 4.31 Å². The van der Waals surface area contributed by atoms with Gasteiger partial charge in [-0.2, -0.15) is 4.31 Å². The van der Waals surface area contributed by atoms with E-state index in [0.29, 0.717) is 43.2 Å². The van der Waals surface area contributed by atoms with E-state index in [-0.39, 0.29) is 4.90 Å². The van der Waals surface area contributed by atoms with Crippen molar-refractivity contribution in [1.29, 1.82) is 0 Å². The normalized spacial score (nSPS) is 15.9. The summed E-state index contributed by atoms with van der Waals surface area (Å²) in [5.41, 5.74) is 3.18. The number of amides is 1. The van der Waals surface area contributed by atoms with Crippen LogP contribution in [0, 0.1) is 13.8 Å². The Morgan fingerprint density at radius 1 is 1.15 bits per heavy atom. The number of nitrogens with one attached hydrogen (secondary N) is 1. The maximum absolute atomic E-state index is 12.8. The van der Waals surface area contributed by atoms with Crippen LogP contribution in [0.3, 0.4) is 0 Å². The average Bonchev–Trinajstić information content (AvgIpc) is 3.00.